The maximum Gasteiger partial charge on any atom is 0.337 e. The Morgan fingerprint density at radius 2 is 1.52 bits per heavy atom. The van der Waals surface area contributed by atoms with Crippen LogP contribution in [0.1, 0.15) is 52.0 Å². The fraction of sp³-hybridized carbons (Fsp3) is 0.148. The van der Waals surface area contributed by atoms with Crippen LogP contribution in [0, 0.1) is 0 Å². The Hall–Kier alpha value is -3.39. The predicted octanol–water partition coefficient (Wildman–Crippen LogP) is 6.37. The lowest BCUT2D eigenvalue weighted by molar-refractivity contribution is 0.0600. The van der Waals surface area contributed by atoms with Crippen LogP contribution in [0.4, 0.5) is 0 Å². The zero-order valence-electron chi connectivity index (χ0n) is 17.0. The average molecular weight is 380 g/mol. The molecule has 2 heteroatoms. The number of carbonyl (C=O) groups is 1. The number of carbonyl (C=O) groups excluding carboxylic acids is 1. The number of allylic oxidation sites excluding steroid dienone is 1. The van der Waals surface area contributed by atoms with E-state index in [1.807, 2.05) is 12.1 Å². The monoisotopic (exact) mass is 380 g/mol. The Balaban J connectivity index is 1.64. The van der Waals surface area contributed by atoms with Gasteiger partial charge in [0, 0.05) is 5.41 Å². The molecule has 0 saturated carbocycles. The Kier molecular flexibility index (Phi) is 4.94. The highest BCUT2D eigenvalue weighted by molar-refractivity contribution is 5.90. The molecule has 3 aromatic rings. The first-order valence-corrected chi connectivity index (χ1v) is 9.77. The summed E-state index contributed by atoms with van der Waals surface area (Å²) in [5.74, 6) is -0.318. The standard InChI is InChI=1S/C27H24O2/c1-27(2)18-24(21-7-5-4-6-8-21)23-17-20(13-16-25(23)27)10-9-19-11-14-22(15-12-19)26(28)29-3/h4-18H,1-3H3/b10-9+. The Bertz CT molecular complexity index is 1100. The van der Waals surface area contributed by atoms with Crippen molar-refractivity contribution in [2.75, 3.05) is 7.11 Å². The second kappa shape index (κ2) is 7.56. The second-order valence-electron chi connectivity index (χ2n) is 7.90. The van der Waals surface area contributed by atoms with Crippen LogP contribution in [0.2, 0.25) is 0 Å². The van der Waals surface area contributed by atoms with Crippen LogP contribution in [0.5, 0.6) is 0 Å². The molecule has 0 unspecified atom stereocenters. The number of ether oxygens (including phenoxy) is 1. The smallest absolute Gasteiger partial charge is 0.337 e. The number of rotatable bonds is 4. The molecule has 3 aromatic carbocycles. The van der Waals surface area contributed by atoms with E-state index in [0.29, 0.717) is 5.56 Å². The Labute approximate surface area is 172 Å². The molecule has 1 aliphatic carbocycles. The quantitative estimate of drug-likeness (QED) is 0.388. The summed E-state index contributed by atoms with van der Waals surface area (Å²) in [6, 6.07) is 24.7. The third kappa shape index (κ3) is 3.79. The molecule has 0 radical (unpaired) electrons. The first-order chi connectivity index (χ1) is 14.0. The molecule has 2 nitrogen and oxygen atoms in total. The highest BCUT2D eigenvalue weighted by Gasteiger charge is 2.30. The van der Waals surface area contributed by atoms with Gasteiger partial charge in [-0.3, -0.25) is 0 Å². The van der Waals surface area contributed by atoms with Crippen molar-refractivity contribution in [2.24, 2.45) is 0 Å². The molecule has 144 valence electrons. The molecular formula is C27H24O2. The Morgan fingerprint density at radius 1 is 0.862 bits per heavy atom. The van der Waals surface area contributed by atoms with Crippen molar-refractivity contribution in [3.05, 3.63) is 112 Å². The molecule has 1 aliphatic rings. The van der Waals surface area contributed by atoms with Crippen molar-refractivity contribution in [3.63, 3.8) is 0 Å². The highest BCUT2D eigenvalue weighted by Crippen LogP contribution is 2.43. The van der Waals surface area contributed by atoms with Gasteiger partial charge < -0.3 is 4.74 Å². The summed E-state index contributed by atoms with van der Waals surface area (Å²) < 4.78 is 4.75. The highest BCUT2D eigenvalue weighted by atomic mass is 16.5. The minimum absolute atomic E-state index is 0.0203. The molecule has 29 heavy (non-hydrogen) atoms. The predicted molar refractivity (Wildman–Crippen MR) is 120 cm³/mol. The molecule has 0 spiro atoms. The van der Waals surface area contributed by atoms with Crippen molar-refractivity contribution >= 4 is 23.7 Å². The van der Waals surface area contributed by atoms with Gasteiger partial charge in [0.05, 0.1) is 12.7 Å². The van der Waals surface area contributed by atoms with Crippen LogP contribution in [-0.2, 0) is 10.2 Å². The van der Waals surface area contributed by atoms with Crippen molar-refractivity contribution in [2.45, 2.75) is 19.3 Å². The lowest BCUT2D eigenvalue weighted by Gasteiger charge is -2.17. The van der Waals surface area contributed by atoms with E-state index in [2.05, 4.69) is 80.6 Å². The Morgan fingerprint density at radius 3 is 2.21 bits per heavy atom. The number of benzene rings is 3. The molecule has 0 atom stereocenters. The summed E-state index contributed by atoms with van der Waals surface area (Å²) in [7, 11) is 1.39. The van der Waals surface area contributed by atoms with E-state index in [1.54, 1.807) is 12.1 Å². The first-order valence-electron chi connectivity index (χ1n) is 9.77. The van der Waals surface area contributed by atoms with Crippen molar-refractivity contribution in [1.82, 2.24) is 0 Å². The van der Waals surface area contributed by atoms with Gasteiger partial charge in [-0.25, -0.2) is 4.79 Å². The van der Waals surface area contributed by atoms with Crippen LogP contribution < -0.4 is 0 Å². The maximum absolute atomic E-state index is 11.6. The molecule has 0 fully saturated rings. The molecular weight excluding hydrogens is 356 g/mol. The molecule has 0 aromatic heterocycles. The molecule has 4 rings (SSSR count). The topological polar surface area (TPSA) is 26.3 Å². The number of esters is 1. The summed E-state index contributed by atoms with van der Waals surface area (Å²) in [6.45, 7) is 4.53. The zero-order valence-corrected chi connectivity index (χ0v) is 17.0. The van der Waals surface area contributed by atoms with Gasteiger partial charge in [0.1, 0.15) is 0 Å². The molecule has 0 saturated heterocycles. The van der Waals surface area contributed by atoms with E-state index >= 15 is 0 Å². The summed E-state index contributed by atoms with van der Waals surface area (Å²) >= 11 is 0. The van der Waals surface area contributed by atoms with Crippen molar-refractivity contribution < 1.29 is 9.53 Å². The van der Waals surface area contributed by atoms with E-state index in [1.165, 1.54) is 29.4 Å². The third-order valence-corrected chi connectivity index (χ3v) is 5.42. The van der Waals surface area contributed by atoms with Gasteiger partial charge in [-0.2, -0.15) is 0 Å². The normalized spacial score (nSPS) is 14.5. The fourth-order valence-electron chi connectivity index (χ4n) is 3.86. The number of methoxy groups -OCH3 is 1. The molecule has 0 bridgehead atoms. The summed E-state index contributed by atoms with van der Waals surface area (Å²) in [5.41, 5.74) is 7.97. The lowest BCUT2D eigenvalue weighted by atomic mass is 9.86. The van der Waals surface area contributed by atoms with Crippen LogP contribution in [-0.4, -0.2) is 13.1 Å². The number of fused-ring (bicyclic) bond motifs is 1. The summed E-state index contributed by atoms with van der Waals surface area (Å²) in [4.78, 5) is 11.6. The van der Waals surface area contributed by atoms with E-state index in [9.17, 15) is 4.79 Å². The largest absolute Gasteiger partial charge is 0.465 e. The minimum atomic E-state index is -0.318. The van der Waals surface area contributed by atoms with Gasteiger partial charge in [-0.15, -0.1) is 0 Å². The number of hydrogen-bond donors (Lipinski definition) is 0. The maximum atomic E-state index is 11.6. The van der Waals surface area contributed by atoms with Crippen LogP contribution in [0.25, 0.3) is 17.7 Å². The summed E-state index contributed by atoms with van der Waals surface area (Å²) in [5, 5.41) is 0. The molecule has 0 amide bonds. The third-order valence-electron chi connectivity index (χ3n) is 5.42. The number of hydrogen-bond acceptors (Lipinski definition) is 2. The van der Waals surface area contributed by atoms with E-state index in [4.69, 9.17) is 4.74 Å². The van der Waals surface area contributed by atoms with Gasteiger partial charge in [-0.1, -0.05) is 86.7 Å². The van der Waals surface area contributed by atoms with Crippen LogP contribution in [0.15, 0.2) is 78.9 Å². The van der Waals surface area contributed by atoms with Crippen molar-refractivity contribution in [3.8, 4) is 0 Å². The molecule has 0 aliphatic heterocycles. The van der Waals surface area contributed by atoms with Crippen LogP contribution >= 0.6 is 0 Å². The average Bonchev–Trinajstić information content (AvgIpc) is 3.03. The first kappa shape index (κ1) is 18.9. The fourth-order valence-corrected chi connectivity index (χ4v) is 3.86. The zero-order chi connectivity index (χ0) is 20.4. The molecule has 0 N–H and O–H groups in total. The minimum Gasteiger partial charge on any atom is -0.465 e. The van der Waals surface area contributed by atoms with Gasteiger partial charge >= 0.3 is 5.97 Å². The lowest BCUT2D eigenvalue weighted by Crippen LogP contribution is -2.10. The van der Waals surface area contributed by atoms with E-state index < -0.39 is 0 Å². The van der Waals surface area contributed by atoms with Gasteiger partial charge in [0.15, 0.2) is 0 Å². The van der Waals surface area contributed by atoms with Crippen molar-refractivity contribution in [1.29, 1.82) is 0 Å². The second-order valence-corrected chi connectivity index (χ2v) is 7.90. The SMILES string of the molecule is COC(=O)c1ccc(/C=C/c2ccc3c(c2)C(c2ccccc2)=CC3(C)C)cc1. The van der Waals surface area contributed by atoms with Crippen LogP contribution in [0.3, 0.4) is 0 Å². The van der Waals surface area contributed by atoms with Gasteiger partial charge in [0.2, 0.25) is 0 Å². The molecule has 0 heterocycles. The van der Waals surface area contributed by atoms with Gasteiger partial charge in [0.25, 0.3) is 0 Å². The summed E-state index contributed by atoms with van der Waals surface area (Å²) in [6.07, 6.45) is 6.54. The van der Waals surface area contributed by atoms with Gasteiger partial charge in [-0.05, 0) is 51.6 Å². The van der Waals surface area contributed by atoms with E-state index in [-0.39, 0.29) is 11.4 Å². The van der Waals surface area contributed by atoms with E-state index in [0.717, 1.165) is 11.1 Å².